The molecular formula is C10H15NOS. The maximum atomic E-state index is 9.22. The molecule has 0 bridgehead atoms. The Morgan fingerprint density at radius 1 is 1.69 bits per heavy atom. The van der Waals surface area contributed by atoms with Gasteiger partial charge in [0.15, 0.2) is 0 Å². The molecule has 0 amide bonds. The number of aryl methyl sites for hydroxylation is 1. The Balaban J connectivity index is 2.14. The Labute approximate surface area is 82.4 Å². The summed E-state index contributed by atoms with van der Waals surface area (Å²) in [4.78, 5) is 2.72. The molecule has 1 aliphatic rings. The van der Waals surface area contributed by atoms with Crippen molar-refractivity contribution in [1.82, 2.24) is 0 Å². The van der Waals surface area contributed by atoms with Crippen LogP contribution in [0, 0.1) is 12.3 Å². The highest BCUT2D eigenvalue weighted by Crippen LogP contribution is 2.59. The molecule has 0 spiro atoms. The Morgan fingerprint density at radius 2 is 2.46 bits per heavy atom. The summed E-state index contributed by atoms with van der Waals surface area (Å²) in [5, 5.41) is 9.22. The van der Waals surface area contributed by atoms with Gasteiger partial charge in [-0.15, -0.1) is 11.3 Å². The fraction of sp³-hybridized carbons (Fsp3) is 0.600. The molecule has 2 rings (SSSR count). The van der Waals surface area contributed by atoms with E-state index in [9.17, 15) is 5.11 Å². The van der Waals surface area contributed by atoms with E-state index in [-0.39, 0.29) is 12.0 Å². The number of aliphatic hydroxyl groups excluding tert-OH is 1. The molecule has 72 valence electrons. The first kappa shape index (κ1) is 9.19. The largest absolute Gasteiger partial charge is 0.396 e. The zero-order valence-electron chi connectivity index (χ0n) is 7.79. The van der Waals surface area contributed by atoms with Gasteiger partial charge in [-0.05, 0) is 25.5 Å². The van der Waals surface area contributed by atoms with Crippen molar-refractivity contribution in [2.45, 2.75) is 19.3 Å². The van der Waals surface area contributed by atoms with Gasteiger partial charge in [0, 0.05) is 27.6 Å². The lowest BCUT2D eigenvalue weighted by atomic mass is 10.1. The molecule has 1 heterocycles. The molecule has 1 fully saturated rings. The van der Waals surface area contributed by atoms with E-state index in [4.69, 9.17) is 5.73 Å². The molecule has 1 saturated carbocycles. The Kier molecular flexibility index (Phi) is 2.18. The van der Waals surface area contributed by atoms with Crippen molar-refractivity contribution in [2.75, 3.05) is 13.2 Å². The van der Waals surface area contributed by atoms with E-state index >= 15 is 0 Å². The van der Waals surface area contributed by atoms with Crippen LogP contribution in [-0.2, 0) is 0 Å². The smallest absolute Gasteiger partial charge is 0.0505 e. The molecule has 0 radical (unpaired) electrons. The molecular weight excluding hydrogens is 182 g/mol. The van der Waals surface area contributed by atoms with E-state index in [1.807, 2.05) is 11.3 Å². The van der Waals surface area contributed by atoms with Gasteiger partial charge in [-0.25, -0.2) is 0 Å². The minimum absolute atomic E-state index is 0.0112. The highest BCUT2D eigenvalue weighted by Gasteiger charge is 2.53. The SMILES string of the molecule is Cc1ccc(C2CC2(CN)CO)s1. The summed E-state index contributed by atoms with van der Waals surface area (Å²) in [6.45, 7) is 2.94. The van der Waals surface area contributed by atoms with E-state index in [0.29, 0.717) is 12.5 Å². The zero-order valence-corrected chi connectivity index (χ0v) is 8.60. The summed E-state index contributed by atoms with van der Waals surface area (Å²) in [5.74, 6) is 0.515. The second kappa shape index (κ2) is 3.08. The van der Waals surface area contributed by atoms with Crippen molar-refractivity contribution in [1.29, 1.82) is 0 Å². The number of nitrogens with two attached hydrogens (primary N) is 1. The predicted octanol–water partition coefficient (Wildman–Crippen LogP) is 1.48. The molecule has 2 nitrogen and oxygen atoms in total. The van der Waals surface area contributed by atoms with E-state index in [2.05, 4.69) is 19.1 Å². The van der Waals surface area contributed by atoms with Crippen LogP contribution in [0.1, 0.15) is 22.1 Å². The van der Waals surface area contributed by atoms with Crippen LogP contribution in [0.5, 0.6) is 0 Å². The van der Waals surface area contributed by atoms with E-state index < -0.39 is 0 Å². The van der Waals surface area contributed by atoms with E-state index in [1.54, 1.807) is 0 Å². The average Bonchev–Trinajstić information content (AvgIpc) is 2.74. The first-order valence-electron chi connectivity index (χ1n) is 4.59. The number of hydrogen-bond acceptors (Lipinski definition) is 3. The summed E-state index contributed by atoms with van der Waals surface area (Å²) in [6.07, 6.45) is 1.06. The third kappa shape index (κ3) is 1.41. The molecule has 2 unspecified atom stereocenters. The van der Waals surface area contributed by atoms with Crippen molar-refractivity contribution < 1.29 is 5.11 Å². The monoisotopic (exact) mass is 197 g/mol. The van der Waals surface area contributed by atoms with Gasteiger partial charge in [0.05, 0.1) is 6.61 Å². The van der Waals surface area contributed by atoms with Gasteiger partial charge in [0.2, 0.25) is 0 Å². The quantitative estimate of drug-likeness (QED) is 0.771. The molecule has 0 aliphatic heterocycles. The van der Waals surface area contributed by atoms with Crippen LogP contribution in [0.4, 0.5) is 0 Å². The van der Waals surface area contributed by atoms with Crippen LogP contribution in [0.25, 0.3) is 0 Å². The molecule has 3 N–H and O–H groups in total. The Hall–Kier alpha value is -0.380. The fourth-order valence-electron chi connectivity index (χ4n) is 1.86. The first-order chi connectivity index (χ1) is 6.22. The summed E-state index contributed by atoms with van der Waals surface area (Å²) >= 11 is 1.82. The molecule has 3 heteroatoms. The van der Waals surface area contributed by atoms with Crippen molar-refractivity contribution >= 4 is 11.3 Å². The molecule has 1 aromatic rings. The van der Waals surface area contributed by atoms with Crippen LogP contribution in [0.2, 0.25) is 0 Å². The lowest BCUT2D eigenvalue weighted by molar-refractivity contribution is 0.212. The van der Waals surface area contributed by atoms with Crippen LogP contribution in [-0.4, -0.2) is 18.3 Å². The second-order valence-electron chi connectivity index (χ2n) is 3.93. The topological polar surface area (TPSA) is 46.2 Å². The van der Waals surface area contributed by atoms with Gasteiger partial charge >= 0.3 is 0 Å². The van der Waals surface area contributed by atoms with Gasteiger partial charge < -0.3 is 10.8 Å². The number of aliphatic hydroxyl groups is 1. The van der Waals surface area contributed by atoms with Crippen LogP contribution < -0.4 is 5.73 Å². The summed E-state index contributed by atoms with van der Waals surface area (Å²) in [7, 11) is 0. The van der Waals surface area contributed by atoms with Crippen molar-refractivity contribution in [2.24, 2.45) is 11.1 Å². The number of rotatable bonds is 3. The van der Waals surface area contributed by atoms with Crippen molar-refractivity contribution in [3.63, 3.8) is 0 Å². The fourth-order valence-corrected chi connectivity index (χ4v) is 2.98. The summed E-state index contributed by atoms with van der Waals surface area (Å²) < 4.78 is 0. The molecule has 0 aromatic carbocycles. The molecule has 13 heavy (non-hydrogen) atoms. The highest BCUT2D eigenvalue weighted by molar-refractivity contribution is 7.12. The van der Waals surface area contributed by atoms with Crippen LogP contribution in [0.3, 0.4) is 0 Å². The van der Waals surface area contributed by atoms with Crippen molar-refractivity contribution in [3.8, 4) is 0 Å². The van der Waals surface area contributed by atoms with E-state index in [1.165, 1.54) is 9.75 Å². The van der Waals surface area contributed by atoms with E-state index in [0.717, 1.165) is 6.42 Å². The summed E-state index contributed by atoms with van der Waals surface area (Å²) in [5.41, 5.74) is 5.67. The molecule has 1 aliphatic carbocycles. The Morgan fingerprint density at radius 3 is 2.85 bits per heavy atom. The minimum Gasteiger partial charge on any atom is -0.396 e. The first-order valence-corrected chi connectivity index (χ1v) is 5.41. The third-order valence-corrected chi connectivity index (χ3v) is 4.13. The summed E-state index contributed by atoms with van der Waals surface area (Å²) in [6, 6.07) is 4.30. The van der Waals surface area contributed by atoms with Gasteiger partial charge in [-0.1, -0.05) is 0 Å². The number of thiophene rings is 1. The number of hydrogen-bond donors (Lipinski definition) is 2. The van der Waals surface area contributed by atoms with Crippen LogP contribution in [0.15, 0.2) is 12.1 Å². The predicted molar refractivity (Wildman–Crippen MR) is 55.0 cm³/mol. The highest BCUT2D eigenvalue weighted by atomic mass is 32.1. The third-order valence-electron chi connectivity index (χ3n) is 3.02. The zero-order chi connectivity index (χ0) is 9.47. The van der Waals surface area contributed by atoms with Crippen molar-refractivity contribution in [3.05, 3.63) is 21.9 Å². The lowest BCUT2D eigenvalue weighted by Gasteiger charge is -2.09. The lowest BCUT2D eigenvalue weighted by Crippen LogP contribution is -2.21. The van der Waals surface area contributed by atoms with Crippen LogP contribution >= 0.6 is 11.3 Å². The van der Waals surface area contributed by atoms with Gasteiger partial charge in [0.25, 0.3) is 0 Å². The van der Waals surface area contributed by atoms with Gasteiger partial charge in [-0.2, -0.15) is 0 Å². The average molecular weight is 197 g/mol. The van der Waals surface area contributed by atoms with Gasteiger partial charge in [0.1, 0.15) is 0 Å². The standard InChI is InChI=1S/C10H15NOS/c1-7-2-3-9(13-7)8-4-10(8,5-11)6-12/h2-3,8,12H,4-6,11H2,1H3. The molecule has 2 atom stereocenters. The molecule has 1 aromatic heterocycles. The Bertz CT molecular complexity index is 304. The minimum atomic E-state index is 0.0112. The second-order valence-corrected chi connectivity index (χ2v) is 5.25. The molecule has 0 saturated heterocycles. The van der Waals surface area contributed by atoms with Gasteiger partial charge in [-0.3, -0.25) is 0 Å². The maximum Gasteiger partial charge on any atom is 0.0505 e. The maximum absolute atomic E-state index is 9.22. The normalized spacial score (nSPS) is 32.1.